The molecule has 1 aliphatic carbocycles. The average molecular weight is 483 g/mol. The molecule has 2 aromatic carbocycles. The fourth-order valence-electron chi connectivity index (χ4n) is 3.93. The maximum atomic E-state index is 12.2. The number of hydrogen-bond acceptors (Lipinski definition) is 6. The van der Waals surface area contributed by atoms with Gasteiger partial charge in [0.05, 0.1) is 6.54 Å². The van der Waals surface area contributed by atoms with Crippen molar-refractivity contribution < 1.29 is 29.0 Å². The molecule has 10 nitrogen and oxygen atoms in total. The van der Waals surface area contributed by atoms with Crippen molar-refractivity contribution in [2.75, 3.05) is 40.3 Å². The molecular weight excluding hydrogens is 452 g/mol. The monoisotopic (exact) mass is 482 g/mol. The zero-order valence-corrected chi connectivity index (χ0v) is 19.7. The second-order valence-corrected chi connectivity index (χ2v) is 8.51. The van der Waals surface area contributed by atoms with Crippen LogP contribution in [0, 0.1) is 0 Å². The third-order valence-electron chi connectivity index (χ3n) is 5.68. The summed E-state index contributed by atoms with van der Waals surface area (Å²) in [5, 5.41) is 16.3. The number of alkyl carbamates (subject to hydrolysis) is 1. The van der Waals surface area contributed by atoms with Gasteiger partial charge in [0.15, 0.2) is 0 Å². The Morgan fingerprint density at radius 2 is 1.49 bits per heavy atom. The van der Waals surface area contributed by atoms with E-state index in [1.807, 2.05) is 48.5 Å². The Bertz CT molecular complexity index is 1040. The summed E-state index contributed by atoms with van der Waals surface area (Å²) >= 11 is 0. The summed E-state index contributed by atoms with van der Waals surface area (Å²) in [6, 6.07) is 14.9. The van der Waals surface area contributed by atoms with Crippen LogP contribution in [0.4, 0.5) is 4.79 Å². The van der Waals surface area contributed by atoms with Crippen molar-refractivity contribution >= 4 is 23.9 Å². The van der Waals surface area contributed by atoms with Gasteiger partial charge in [-0.05, 0) is 42.8 Å². The number of carbonyl (C=O) groups is 4. The molecule has 3 amide bonds. The molecule has 0 aromatic heterocycles. The highest BCUT2D eigenvalue weighted by Crippen LogP contribution is 2.44. The van der Waals surface area contributed by atoms with E-state index in [0.717, 1.165) is 22.3 Å². The number of ether oxygens (including phenoxy) is 1. The molecule has 0 spiro atoms. The summed E-state index contributed by atoms with van der Waals surface area (Å²) in [6.45, 7) is -0.190. The van der Waals surface area contributed by atoms with Gasteiger partial charge >= 0.3 is 12.1 Å². The first kappa shape index (κ1) is 25.7. The van der Waals surface area contributed by atoms with Crippen molar-refractivity contribution in [3.63, 3.8) is 0 Å². The predicted molar refractivity (Wildman–Crippen MR) is 129 cm³/mol. The Morgan fingerprint density at radius 1 is 0.914 bits per heavy atom. The molecule has 0 aliphatic heterocycles. The van der Waals surface area contributed by atoms with E-state index in [0.29, 0.717) is 6.54 Å². The number of hydrogen-bond donors (Lipinski definition) is 4. The van der Waals surface area contributed by atoms with Crippen molar-refractivity contribution in [3.8, 4) is 11.1 Å². The Labute approximate surface area is 203 Å². The molecule has 0 bridgehead atoms. The number of aliphatic carboxylic acids is 1. The van der Waals surface area contributed by atoms with E-state index >= 15 is 0 Å². The highest BCUT2D eigenvalue weighted by Gasteiger charge is 2.29. The molecule has 0 saturated heterocycles. The van der Waals surface area contributed by atoms with Crippen molar-refractivity contribution in [2.24, 2.45) is 0 Å². The highest BCUT2D eigenvalue weighted by molar-refractivity contribution is 5.89. The molecule has 1 unspecified atom stereocenters. The van der Waals surface area contributed by atoms with Crippen LogP contribution < -0.4 is 16.0 Å². The lowest BCUT2D eigenvalue weighted by Gasteiger charge is -2.17. The Kier molecular flexibility index (Phi) is 8.80. The van der Waals surface area contributed by atoms with Gasteiger partial charge in [-0.1, -0.05) is 48.5 Å². The van der Waals surface area contributed by atoms with Gasteiger partial charge in [-0.25, -0.2) is 9.59 Å². The summed E-state index contributed by atoms with van der Waals surface area (Å²) in [4.78, 5) is 49.2. The Morgan fingerprint density at radius 3 is 2.06 bits per heavy atom. The second-order valence-electron chi connectivity index (χ2n) is 8.51. The van der Waals surface area contributed by atoms with Crippen molar-refractivity contribution in [3.05, 3.63) is 59.7 Å². The maximum absolute atomic E-state index is 12.2. The average Bonchev–Trinajstić information content (AvgIpc) is 3.16. The van der Waals surface area contributed by atoms with Gasteiger partial charge in [-0.15, -0.1) is 0 Å². The normalized spacial score (nSPS) is 12.9. The van der Waals surface area contributed by atoms with Gasteiger partial charge in [0.1, 0.15) is 19.2 Å². The topological polar surface area (TPSA) is 137 Å². The first-order chi connectivity index (χ1) is 16.8. The number of carboxylic acids is 1. The first-order valence-corrected chi connectivity index (χ1v) is 11.3. The largest absolute Gasteiger partial charge is 0.480 e. The van der Waals surface area contributed by atoms with E-state index in [-0.39, 0.29) is 25.5 Å². The zero-order chi connectivity index (χ0) is 25.4. The van der Waals surface area contributed by atoms with Crippen LogP contribution in [0.15, 0.2) is 48.5 Å². The molecule has 35 heavy (non-hydrogen) atoms. The van der Waals surface area contributed by atoms with E-state index in [2.05, 4.69) is 16.0 Å². The minimum Gasteiger partial charge on any atom is -0.480 e. The third-order valence-corrected chi connectivity index (χ3v) is 5.68. The van der Waals surface area contributed by atoms with E-state index in [9.17, 15) is 24.3 Å². The number of amides is 3. The quantitative estimate of drug-likeness (QED) is 0.377. The summed E-state index contributed by atoms with van der Waals surface area (Å²) in [7, 11) is 3.59. The fraction of sp³-hybridized carbons (Fsp3) is 0.360. The zero-order valence-electron chi connectivity index (χ0n) is 19.7. The van der Waals surface area contributed by atoms with Crippen LogP contribution in [-0.2, 0) is 19.1 Å². The molecule has 186 valence electrons. The molecule has 0 radical (unpaired) electrons. The summed E-state index contributed by atoms with van der Waals surface area (Å²) in [5.41, 5.74) is 4.38. The van der Waals surface area contributed by atoms with Crippen LogP contribution in [0.5, 0.6) is 0 Å². The van der Waals surface area contributed by atoms with E-state index in [1.165, 1.54) is 0 Å². The Hall–Kier alpha value is -3.92. The minimum absolute atomic E-state index is 0.0969. The van der Waals surface area contributed by atoms with Crippen molar-refractivity contribution in [1.82, 2.24) is 20.9 Å². The van der Waals surface area contributed by atoms with E-state index in [4.69, 9.17) is 4.74 Å². The molecule has 0 saturated carbocycles. The third kappa shape index (κ3) is 7.03. The lowest BCUT2D eigenvalue weighted by molar-refractivity contribution is -0.142. The molecule has 4 N–H and O–H groups in total. The number of rotatable bonds is 11. The second kappa shape index (κ2) is 12.0. The number of fused-ring (bicyclic) bond motifs is 3. The Balaban J connectivity index is 1.41. The van der Waals surface area contributed by atoms with Gasteiger partial charge in [0.2, 0.25) is 11.8 Å². The molecule has 2 aromatic rings. The molecule has 3 rings (SSSR count). The summed E-state index contributed by atoms with van der Waals surface area (Å²) < 4.78 is 5.36. The van der Waals surface area contributed by atoms with Crippen LogP contribution >= 0.6 is 0 Å². The van der Waals surface area contributed by atoms with Gasteiger partial charge < -0.3 is 30.7 Å². The maximum Gasteiger partial charge on any atom is 0.407 e. The number of nitrogens with one attached hydrogen (secondary N) is 3. The van der Waals surface area contributed by atoms with Crippen molar-refractivity contribution in [1.29, 1.82) is 0 Å². The fourth-order valence-corrected chi connectivity index (χ4v) is 3.93. The molecule has 0 heterocycles. The van der Waals surface area contributed by atoms with Crippen LogP contribution in [0.3, 0.4) is 0 Å². The smallest absolute Gasteiger partial charge is 0.407 e. The molecule has 1 aliphatic rings. The van der Waals surface area contributed by atoms with E-state index < -0.39 is 36.5 Å². The summed E-state index contributed by atoms with van der Waals surface area (Å²) in [6.07, 6.45) is -0.521. The lowest BCUT2D eigenvalue weighted by Crippen LogP contribution is -2.47. The first-order valence-electron chi connectivity index (χ1n) is 11.3. The minimum atomic E-state index is -1.15. The van der Waals surface area contributed by atoms with Gasteiger partial charge in [0.25, 0.3) is 0 Å². The SMILES string of the molecule is CN(C)CCC(NC(=O)CNC(=O)CNC(=O)OCC1c2ccccc2-c2ccccc21)C(=O)O. The molecule has 10 heteroatoms. The standard InChI is InChI=1S/C25H30N4O6/c1-29(2)12-11-21(24(32)33)28-23(31)14-26-22(30)13-27-25(34)35-15-20-18-9-5-3-7-16(18)17-8-4-6-10-19(17)20/h3-10,20-21H,11-15H2,1-2H3,(H,26,30)(H,27,34)(H,28,31)(H,32,33). The summed E-state index contributed by atoms with van der Waals surface area (Å²) in [5.74, 6) is -2.48. The molecular formula is C25H30N4O6. The van der Waals surface area contributed by atoms with E-state index in [1.54, 1.807) is 19.0 Å². The predicted octanol–water partition coefficient (Wildman–Crippen LogP) is 1.16. The number of nitrogens with zero attached hydrogens (tertiary/aromatic N) is 1. The highest BCUT2D eigenvalue weighted by atomic mass is 16.5. The molecule has 1 atom stereocenters. The molecule has 0 fully saturated rings. The van der Waals surface area contributed by atoms with Gasteiger partial charge in [-0.3, -0.25) is 9.59 Å². The van der Waals surface area contributed by atoms with Gasteiger partial charge in [-0.2, -0.15) is 0 Å². The number of carboxylic acid groups (broad SMARTS) is 1. The van der Waals surface area contributed by atoms with Gasteiger partial charge in [0, 0.05) is 12.5 Å². The lowest BCUT2D eigenvalue weighted by atomic mass is 9.98. The van der Waals surface area contributed by atoms with Crippen LogP contribution in [0.2, 0.25) is 0 Å². The van der Waals surface area contributed by atoms with Crippen LogP contribution in [0.25, 0.3) is 11.1 Å². The van der Waals surface area contributed by atoms with Crippen LogP contribution in [0.1, 0.15) is 23.5 Å². The van der Waals surface area contributed by atoms with Crippen molar-refractivity contribution in [2.45, 2.75) is 18.4 Å². The van der Waals surface area contributed by atoms with Crippen LogP contribution in [-0.4, -0.2) is 80.3 Å². The number of carbonyl (C=O) groups excluding carboxylic acids is 3. The number of benzene rings is 2.